The molecule has 0 amide bonds. The Morgan fingerprint density at radius 1 is 1.57 bits per heavy atom. The van der Waals surface area contributed by atoms with Crippen LogP contribution in [0.25, 0.3) is 11.4 Å². The van der Waals surface area contributed by atoms with Crippen molar-refractivity contribution >= 4 is 17.1 Å². The second kappa shape index (κ2) is 3.34. The molecule has 5 heteroatoms. The number of hydrogen-bond donors (Lipinski definition) is 0. The standard InChI is InChI=1S/C9H9N3OS/c1-6(13)9-11-7(5-14-9)8-3-4-10-12(8)2/h3-5H,1-2H3. The summed E-state index contributed by atoms with van der Waals surface area (Å²) in [6.45, 7) is 1.52. The van der Waals surface area contributed by atoms with Crippen LogP contribution in [0.3, 0.4) is 0 Å². The lowest BCUT2D eigenvalue weighted by molar-refractivity contribution is 0.101. The molecule has 0 N–H and O–H groups in total. The van der Waals surface area contributed by atoms with Crippen molar-refractivity contribution in [2.45, 2.75) is 6.92 Å². The Bertz CT molecular complexity index is 472. The zero-order valence-electron chi connectivity index (χ0n) is 7.89. The van der Waals surface area contributed by atoms with Gasteiger partial charge in [0, 0.05) is 25.5 Å². The molecule has 0 aliphatic rings. The maximum Gasteiger partial charge on any atom is 0.188 e. The monoisotopic (exact) mass is 207 g/mol. The van der Waals surface area contributed by atoms with Gasteiger partial charge in [0.1, 0.15) is 5.69 Å². The fourth-order valence-electron chi connectivity index (χ4n) is 1.18. The number of nitrogens with zero attached hydrogens (tertiary/aromatic N) is 3. The molecule has 2 aromatic rings. The van der Waals surface area contributed by atoms with E-state index in [1.165, 1.54) is 18.3 Å². The third-order valence-corrected chi connectivity index (χ3v) is 2.83. The second-order valence-corrected chi connectivity index (χ2v) is 3.79. The van der Waals surface area contributed by atoms with Gasteiger partial charge >= 0.3 is 0 Å². The van der Waals surface area contributed by atoms with Crippen molar-refractivity contribution in [3.63, 3.8) is 0 Å². The fraction of sp³-hybridized carbons (Fsp3) is 0.222. The molecule has 0 saturated carbocycles. The van der Waals surface area contributed by atoms with Crippen LogP contribution in [0.5, 0.6) is 0 Å². The third kappa shape index (κ3) is 1.46. The molecule has 72 valence electrons. The largest absolute Gasteiger partial charge is 0.292 e. The number of rotatable bonds is 2. The summed E-state index contributed by atoms with van der Waals surface area (Å²) in [5.74, 6) is 0.00317. The van der Waals surface area contributed by atoms with Crippen LogP contribution in [-0.4, -0.2) is 20.5 Å². The van der Waals surface area contributed by atoms with Crippen molar-refractivity contribution < 1.29 is 4.79 Å². The van der Waals surface area contributed by atoms with Crippen LogP contribution < -0.4 is 0 Å². The van der Waals surface area contributed by atoms with Gasteiger partial charge in [-0.25, -0.2) is 4.98 Å². The molecule has 2 heterocycles. The quantitative estimate of drug-likeness (QED) is 0.705. The van der Waals surface area contributed by atoms with Gasteiger partial charge in [0.05, 0.1) is 5.69 Å². The normalized spacial score (nSPS) is 10.4. The van der Waals surface area contributed by atoms with Crippen molar-refractivity contribution in [1.82, 2.24) is 14.8 Å². The zero-order chi connectivity index (χ0) is 10.1. The van der Waals surface area contributed by atoms with Crippen LogP contribution in [0, 0.1) is 0 Å². The highest BCUT2D eigenvalue weighted by atomic mass is 32.1. The number of hydrogen-bond acceptors (Lipinski definition) is 4. The summed E-state index contributed by atoms with van der Waals surface area (Å²) in [5, 5.41) is 6.46. The van der Waals surface area contributed by atoms with Crippen LogP contribution in [-0.2, 0) is 7.05 Å². The molecule has 0 unspecified atom stereocenters. The Labute approximate surface area is 85.2 Å². The van der Waals surface area contributed by atoms with Gasteiger partial charge in [0.25, 0.3) is 0 Å². The summed E-state index contributed by atoms with van der Waals surface area (Å²) in [6, 6.07) is 1.87. The number of aryl methyl sites for hydroxylation is 1. The molecule has 0 aliphatic carbocycles. The molecule has 0 saturated heterocycles. The van der Waals surface area contributed by atoms with Gasteiger partial charge in [-0.2, -0.15) is 5.10 Å². The van der Waals surface area contributed by atoms with Gasteiger partial charge in [0.15, 0.2) is 10.8 Å². The van der Waals surface area contributed by atoms with E-state index in [1.54, 1.807) is 10.9 Å². The molecule has 0 bridgehead atoms. The number of ketones is 1. The average molecular weight is 207 g/mol. The Morgan fingerprint density at radius 2 is 2.36 bits per heavy atom. The first-order valence-electron chi connectivity index (χ1n) is 4.13. The van der Waals surface area contributed by atoms with Crippen LogP contribution in [0.4, 0.5) is 0 Å². The maximum atomic E-state index is 11.0. The van der Waals surface area contributed by atoms with Gasteiger partial charge in [0.2, 0.25) is 0 Å². The van der Waals surface area contributed by atoms with E-state index in [2.05, 4.69) is 10.1 Å². The van der Waals surface area contributed by atoms with Gasteiger partial charge < -0.3 is 0 Å². The summed E-state index contributed by atoms with van der Waals surface area (Å²) >= 11 is 1.36. The molecule has 0 radical (unpaired) electrons. The highest BCUT2D eigenvalue weighted by Crippen LogP contribution is 2.20. The predicted octanol–water partition coefficient (Wildman–Crippen LogP) is 1.75. The minimum Gasteiger partial charge on any atom is -0.292 e. The van der Waals surface area contributed by atoms with Gasteiger partial charge in [-0.3, -0.25) is 9.48 Å². The van der Waals surface area contributed by atoms with Crippen molar-refractivity contribution in [2.24, 2.45) is 7.05 Å². The highest BCUT2D eigenvalue weighted by Gasteiger charge is 2.09. The average Bonchev–Trinajstić information content (AvgIpc) is 2.71. The molecule has 2 rings (SSSR count). The summed E-state index contributed by atoms with van der Waals surface area (Å²) in [7, 11) is 1.85. The van der Waals surface area contributed by atoms with Crippen molar-refractivity contribution in [2.75, 3.05) is 0 Å². The van der Waals surface area contributed by atoms with Crippen LogP contribution in [0.1, 0.15) is 16.7 Å². The van der Waals surface area contributed by atoms with E-state index in [-0.39, 0.29) is 5.78 Å². The number of thiazole rings is 1. The molecule has 4 nitrogen and oxygen atoms in total. The molecular weight excluding hydrogens is 198 g/mol. The van der Waals surface area contributed by atoms with Crippen LogP contribution >= 0.6 is 11.3 Å². The molecule has 0 aromatic carbocycles. The molecule has 0 aliphatic heterocycles. The smallest absolute Gasteiger partial charge is 0.188 e. The Hall–Kier alpha value is -1.49. The predicted molar refractivity (Wildman–Crippen MR) is 54.3 cm³/mol. The van der Waals surface area contributed by atoms with Crippen LogP contribution in [0.15, 0.2) is 17.6 Å². The highest BCUT2D eigenvalue weighted by molar-refractivity contribution is 7.12. The van der Waals surface area contributed by atoms with E-state index in [9.17, 15) is 4.79 Å². The molecular formula is C9H9N3OS. The van der Waals surface area contributed by atoms with Crippen molar-refractivity contribution in [3.8, 4) is 11.4 Å². The molecule has 0 fully saturated rings. The van der Waals surface area contributed by atoms with E-state index in [0.717, 1.165) is 11.4 Å². The first-order chi connectivity index (χ1) is 6.68. The van der Waals surface area contributed by atoms with Gasteiger partial charge in [-0.05, 0) is 6.07 Å². The zero-order valence-corrected chi connectivity index (χ0v) is 8.71. The van der Waals surface area contributed by atoms with Gasteiger partial charge in [-0.1, -0.05) is 0 Å². The SMILES string of the molecule is CC(=O)c1nc(-c2ccnn2C)cs1. The first kappa shape index (κ1) is 9.08. The second-order valence-electron chi connectivity index (χ2n) is 2.93. The Morgan fingerprint density at radius 3 is 2.86 bits per heavy atom. The lowest BCUT2D eigenvalue weighted by Crippen LogP contribution is -1.95. The summed E-state index contributed by atoms with van der Waals surface area (Å²) in [5.41, 5.74) is 1.73. The molecule has 14 heavy (non-hydrogen) atoms. The fourth-order valence-corrected chi connectivity index (χ4v) is 1.89. The summed E-state index contributed by atoms with van der Waals surface area (Å²) in [6.07, 6.45) is 1.71. The van der Waals surface area contributed by atoms with E-state index in [4.69, 9.17) is 0 Å². The first-order valence-corrected chi connectivity index (χ1v) is 5.01. The van der Waals surface area contributed by atoms with Crippen molar-refractivity contribution in [1.29, 1.82) is 0 Å². The molecule has 0 atom stereocenters. The summed E-state index contributed by atoms with van der Waals surface area (Å²) in [4.78, 5) is 15.3. The van der Waals surface area contributed by atoms with Crippen LogP contribution in [0.2, 0.25) is 0 Å². The Kier molecular flexibility index (Phi) is 2.17. The van der Waals surface area contributed by atoms with Gasteiger partial charge in [-0.15, -0.1) is 11.3 Å². The Balaban J connectivity index is 2.43. The minimum atomic E-state index is 0.00317. The minimum absolute atomic E-state index is 0.00317. The van der Waals surface area contributed by atoms with E-state index < -0.39 is 0 Å². The van der Waals surface area contributed by atoms with E-state index >= 15 is 0 Å². The molecule has 2 aromatic heterocycles. The lowest BCUT2D eigenvalue weighted by Gasteiger charge is -1.95. The molecule has 0 spiro atoms. The third-order valence-electron chi connectivity index (χ3n) is 1.89. The summed E-state index contributed by atoms with van der Waals surface area (Å²) < 4.78 is 1.74. The maximum absolute atomic E-state index is 11.0. The number of Topliss-reactive ketones (excluding diaryl/α,β-unsaturated/α-hetero) is 1. The number of carbonyl (C=O) groups is 1. The number of carbonyl (C=O) groups excluding carboxylic acids is 1. The lowest BCUT2D eigenvalue weighted by atomic mass is 10.3. The topological polar surface area (TPSA) is 47.8 Å². The van der Waals surface area contributed by atoms with E-state index in [1.807, 2.05) is 18.5 Å². The van der Waals surface area contributed by atoms with E-state index in [0.29, 0.717) is 5.01 Å². The van der Waals surface area contributed by atoms with Crippen molar-refractivity contribution in [3.05, 3.63) is 22.7 Å². The number of aromatic nitrogens is 3.